The van der Waals surface area contributed by atoms with E-state index in [1.807, 2.05) is 24.3 Å². The maximum Gasteiger partial charge on any atom is 0.336 e. The molecule has 2 N–H and O–H groups in total. The molecule has 0 saturated heterocycles. The highest BCUT2D eigenvalue weighted by molar-refractivity contribution is 6.30. The fourth-order valence-electron chi connectivity index (χ4n) is 3.58. The summed E-state index contributed by atoms with van der Waals surface area (Å²) >= 11 is 5.89. The van der Waals surface area contributed by atoms with E-state index in [9.17, 15) is 4.79 Å². The zero-order chi connectivity index (χ0) is 30.3. The van der Waals surface area contributed by atoms with Gasteiger partial charge < -0.3 is 39.1 Å². The fourth-order valence-corrected chi connectivity index (χ4v) is 3.70. The molecule has 0 spiro atoms. The van der Waals surface area contributed by atoms with Crippen molar-refractivity contribution in [3.63, 3.8) is 0 Å². The SMILES string of the molecule is COCCOCCOCCOCC(=O)OC[n+]1ccc(N(CCCCCCOc2ccc(Cl)cc2)C(N)=NC#N)cc1. The van der Waals surface area contributed by atoms with Crippen LogP contribution < -0.4 is 19.9 Å². The monoisotopic (exact) mass is 606 g/mol. The number of rotatable bonds is 22. The molecular formula is C29H41ClN5O7+. The number of methoxy groups -OCH3 is 1. The van der Waals surface area contributed by atoms with E-state index in [0.29, 0.717) is 51.2 Å². The smallest absolute Gasteiger partial charge is 0.336 e. The van der Waals surface area contributed by atoms with Gasteiger partial charge in [0, 0.05) is 30.8 Å². The molecule has 0 unspecified atom stereocenters. The Kier molecular flexibility index (Phi) is 18.3. The second-order valence-electron chi connectivity index (χ2n) is 8.92. The van der Waals surface area contributed by atoms with Crippen LogP contribution >= 0.6 is 11.6 Å². The van der Waals surface area contributed by atoms with Gasteiger partial charge in [0.1, 0.15) is 12.4 Å². The summed E-state index contributed by atoms with van der Waals surface area (Å²) in [4.78, 5) is 17.5. The molecule has 2 aromatic rings. The van der Waals surface area contributed by atoms with E-state index >= 15 is 0 Å². The predicted octanol–water partition coefficient (Wildman–Crippen LogP) is 3.07. The Morgan fingerprint density at radius 1 is 0.929 bits per heavy atom. The molecule has 0 aliphatic carbocycles. The van der Waals surface area contributed by atoms with Crippen molar-refractivity contribution in [2.45, 2.75) is 32.4 Å². The van der Waals surface area contributed by atoms with Gasteiger partial charge in [-0.2, -0.15) is 9.83 Å². The lowest BCUT2D eigenvalue weighted by Gasteiger charge is -2.22. The summed E-state index contributed by atoms with van der Waals surface area (Å²) in [7, 11) is 1.62. The molecule has 1 aromatic carbocycles. The van der Waals surface area contributed by atoms with Crippen molar-refractivity contribution in [3.8, 4) is 11.9 Å². The Morgan fingerprint density at radius 3 is 2.24 bits per heavy atom. The Morgan fingerprint density at radius 2 is 1.57 bits per heavy atom. The van der Waals surface area contributed by atoms with Gasteiger partial charge in [-0.05, 0) is 37.1 Å². The summed E-state index contributed by atoms with van der Waals surface area (Å²) < 4.78 is 33.5. The molecule has 0 amide bonds. The molecule has 13 heteroatoms. The first-order valence-electron chi connectivity index (χ1n) is 13.8. The number of nitrogens with two attached hydrogens (primary N) is 1. The van der Waals surface area contributed by atoms with Gasteiger partial charge in [-0.3, -0.25) is 0 Å². The molecule has 1 aromatic heterocycles. The van der Waals surface area contributed by atoms with Gasteiger partial charge in [-0.25, -0.2) is 4.79 Å². The second kappa shape index (κ2) is 22.2. The summed E-state index contributed by atoms with van der Waals surface area (Å²) in [6, 6.07) is 10.9. The largest absolute Gasteiger partial charge is 0.494 e. The number of ether oxygens (including phenoxy) is 6. The van der Waals surface area contributed by atoms with Crippen LogP contribution in [0.4, 0.5) is 5.69 Å². The molecule has 2 rings (SSSR count). The highest BCUT2D eigenvalue weighted by Crippen LogP contribution is 2.16. The molecule has 230 valence electrons. The lowest BCUT2D eigenvalue weighted by molar-refractivity contribution is -0.727. The van der Waals surface area contributed by atoms with Gasteiger partial charge in [-0.15, -0.1) is 4.99 Å². The predicted molar refractivity (Wildman–Crippen MR) is 157 cm³/mol. The van der Waals surface area contributed by atoms with E-state index in [0.717, 1.165) is 37.1 Å². The lowest BCUT2D eigenvalue weighted by atomic mass is 10.2. The number of carbonyl (C=O) groups is 1. The maximum absolute atomic E-state index is 12.0. The first-order valence-corrected chi connectivity index (χ1v) is 14.2. The van der Waals surface area contributed by atoms with Crippen molar-refractivity contribution in [3.05, 3.63) is 53.8 Å². The Labute approximate surface area is 252 Å². The van der Waals surface area contributed by atoms with Crippen LogP contribution in [0.25, 0.3) is 0 Å². The van der Waals surface area contributed by atoms with E-state index < -0.39 is 5.97 Å². The second-order valence-corrected chi connectivity index (χ2v) is 9.36. The third-order valence-corrected chi connectivity index (χ3v) is 6.01. The molecule has 0 bridgehead atoms. The highest BCUT2D eigenvalue weighted by atomic mass is 35.5. The molecule has 0 atom stereocenters. The quantitative estimate of drug-likeness (QED) is 0.0530. The summed E-state index contributed by atoms with van der Waals surface area (Å²) in [6.07, 6.45) is 8.96. The summed E-state index contributed by atoms with van der Waals surface area (Å²) in [6.45, 7) is 3.67. The average molecular weight is 607 g/mol. The maximum atomic E-state index is 12.0. The number of esters is 1. The number of aliphatic imine (C=N–C) groups is 1. The van der Waals surface area contributed by atoms with Crippen molar-refractivity contribution in [1.82, 2.24) is 0 Å². The normalized spacial score (nSPS) is 11.2. The van der Waals surface area contributed by atoms with Crippen molar-refractivity contribution in [2.24, 2.45) is 10.7 Å². The number of guanidine groups is 1. The zero-order valence-electron chi connectivity index (χ0n) is 24.1. The first kappa shape index (κ1) is 34.7. The molecular weight excluding hydrogens is 566 g/mol. The zero-order valence-corrected chi connectivity index (χ0v) is 24.9. The van der Waals surface area contributed by atoms with Gasteiger partial charge in [0.15, 0.2) is 12.4 Å². The molecule has 0 radical (unpaired) electrons. The number of hydrogen-bond acceptors (Lipinski definition) is 9. The standard InChI is InChI=1S/C29H41ClN5O7/c1-37-16-17-38-18-19-39-20-21-40-22-28(36)42-24-34-13-10-26(11-14-34)35(29(32)33-23-31)12-4-2-3-5-15-41-27-8-6-25(30)7-9-27/h6-11,13-14H,2-5,12,15-22,24H2,1H3,(H2,32,33)/q+1. The minimum absolute atomic E-state index is 0.0254. The molecule has 1 heterocycles. The van der Waals surface area contributed by atoms with Crippen LogP contribution in [-0.2, 0) is 35.2 Å². The van der Waals surface area contributed by atoms with Gasteiger partial charge in [0.25, 0.3) is 6.73 Å². The number of benzene rings is 1. The Hall–Kier alpha value is -3.47. The Balaban J connectivity index is 1.65. The minimum Gasteiger partial charge on any atom is -0.494 e. The lowest BCUT2D eigenvalue weighted by Crippen LogP contribution is -2.40. The van der Waals surface area contributed by atoms with Crippen LogP contribution in [0.2, 0.25) is 5.02 Å². The van der Waals surface area contributed by atoms with E-state index in [-0.39, 0.29) is 25.9 Å². The summed E-state index contributed by atoms with van der Waals surface area (Å²) in [5, 5.41) is 9.66. The van der Waals surface area contributed by atoms with E-state index in [1.54, 1.807) is 47.3 Å². The minimum atomic E-state index is -0.486. The highest BCUT2D eigenvalue weighted by Gasteiger charge is 2.14. The van der Waals surface area contributed by atoms with Crippen molar-refractivity contribution < 1.29 is 37.8 Å². The number of unbranched alkanes of at least 4 members (excludes halogenated alkanes) is 3. The number of hydrogen-bond donors (Lipinski definition) is 1. The number of aromatic nitrogens is 1. The number of halogens is 1. The van der Waals surface area contributed by atoms with Gasteiger partial charge in [0.2, 0.25) is 12.2 Å². The third-order valence-electron chi connectivity index (χ3n) is 5.76. The van der Waals surface area contributed by atoms with E-state index in [1.165, 1.54) is 0 Å². The van der Waals surface area contributed by atoms with Crippen LogP contribution in [0.15, 0.2) is 53.8 Å². The Bertz CT molecular complexity index is 1080. The van der Waals surface area contributed by atoms with Crippen molar-refractivity contribution in [1.29, 1.82) is 5.26 Å². The molecule has 42 heavy (non-hydrogen) atoms. The molecule has 0 aliphatic rings. The number of nitriles is 1. The molecule has 0 saturated carbocycles. The fraction of sp³-hybridized carbons (Fsp3) is 0.517. The molecule has 0 fully saturated rings. The molecule has 12 nitrogen and oxygen atoms in total. The van der Waals surface area contributed by atoms with E-state index in [2.05, 4.69) is 4.99 Å². The van der Waals surface area contributed by atoms with Crippen molar-refractivity contribution in [2.75, 3.05) is 71.4 Å². The number of pyridine rings is 1. The van der Waals surface area contributed by atoms with Crippen LogP contribution in [0.1, 0.15) is 25.7 Å². The third kappa shape index (κ3) is 15.5. The van der Waals surface area contributed by atoms with Crippen LogP contribution in [0.3, 0.4) is 0 Å². The summed E-state index contributed by atoms with van der Waals surface area (Å²) in [5.74, 6) is 0.431. The topological polar surface area (TPSA) is 142 Å². The summed E-state index contributed by atoms with van der Waals surface area (Å²) in [5.41, 5.74) is 6.83. The van der Waals surface area contributed by atoms with Crippen LogP contribution in [0.5, 0.6) is 5.75 Å². The van der Waals surface area contributed by atoms with Crippen molar-refractivity contribution >= 4 is 29.2 Å². The van der Waals surface area contributed by atoms with Gasteiger partial charge in [-0.1, -0.05) is 24.4 Å². The number of anilines is 1. The number of carbonyl (C=O) groups excluding carboxylic acids is 1. The van der Waals surface area contributed by atoms with Gasteiger partial charge in [0.05, 0.1) is 51.9 Å². The average Bonchev–Trinajstić information content (AvgIpc) is 3.00. The molecule has 0 aliphatic heterocycles. The first-order chi connectivity index (χ1) is 20.5. The number of nitrogens with zero attached hydrogens (tertiary/aromatic N) is 4. The van der Waals surface area contributed by atoms with E-state index in [4.69, 9.17) is 51.0 Å². The van der Waals surface area contributed by atoms with Crippen LogP contribution in [-0.4, -0.2) is 78.4 Å². The van der Waals surface area contributed by atoms with Gasteiger partial charge >= 0.3 is 5.97 Å². The van der Waals surface area contributed by atoms with Crippen LogP contribution in [0, 0.1) is 11.5 Å².